The van der Waals surface area contributed by atoms with Crippen molar-refractivity contribution in [3.05, 3.63) is 54.0 Å². The average Bonchev–Trinajstić information content (AvgIpc) is 3.15. The van der Waals surface area contributed by atoms with Gasteiger partial charge in [0.1, 0.15) is 0 Å². The maximum Gasteiger partial charge on any atom is 0.338 e. The number of hydrogen-bond acceptors (Lipinski definition) is 5. The number of carbonyl (C=O) groups excluding carboxylic acids is 3. The molecule has 1 atom stereocenters. The molecule has 132 valence electrons. The van der Waals surface area contributed by atoms with E-state index in [1.54, 1.807) is 24.3 Å². The van der Waals surface area contributed by atoms with E-state index in [0.717, 1.165) is 6.42 Å². The van der Waals surface area contributed by atoms with Gasteiger partial charge in [0.25, 0.3) is 11.8 Å². The lowest BCUT2D eigenvalue weighted by molar-refractivity contribution is -0.124. The summed E-state index contributed by atoms with van der Waals surface area (Å²) in [4.78, 5) is 35.4. The fourth-order valence-electron chi connectivity index (χ4n) is 1.92. The monoisotopic (exact) mass is 344 g/mol. The van der Waals surface area contributed by atoms with E-state index in [1.165, 1.54) is 18.4 Å². The van der Waals surface area contributed by atoms with Crippen LogP contribution in [0.1, 0.15) is 41.2 Å². The summed E-state index contributed by atoms with van der Waals surface area (Å²) in [7, 11) is 0. The summed E-state index contributed by atoms with van der Waals surface area (Å²) < 4.78 is 9.96. The van der Waals surface area contributed by atoms with Crippen LogP contribution in [0, 0.1) is 0 Å². The molecule has 0 aliphatic rings. The fraction of sp³-hybridized carbons (Fsp3) is 0.278. The minimum Gasteiger partial charge on any atom is -0.459 e. The molecule has 25 heavy (non-hydrogen) atoms. The van der Waals surface area contributed by atoms with E-state index >= 15 is 0 Å². The van der Waals surface area contributed by atoms with Crippen molar-refractivity contribution in [1.82, 2.24) is 5.32 Å². The smallest absolute Gasteiger partial charge is 0.338 e. The van der Waals surface area contributed by atoms with Gasteiger partial charge in [0.05, 0.1) is 11.8 Å². The molecule has 2 aromatic rings. The summed E-state index contributed by atoms with van der Waals surface area (Å²) in [6.45, 7) is 3.48. The van der Waals surface area contributed by atoms with E-state index < -0.39 is 5.97 Å². The minimum atomic E-state index is -0.608. The van der Waals surface area contributed by atoms with E-state index in [-0.39, 0.29) is 35.8 Å². The maximum atomic E-state index is 11.9. The molecule has 2 rings (SSSR count). The molecule has 2 N–H and O–H groups in total. The van der Waals surface area contributed by atoms with Crippen LogP contribution in [0.25, 0.3) is 0 Å². The minimum absolute atomic E-state index is 0.0308. The van der Waals surface area contributed by atoms with Gasteiger partial charge in [-0.15, -0.1) is 0 Å². The standard InChI is InChI=1S/C18H20N2O5/c1-3-12(2)19-16(21)11-25-18(23)13-6-8-14(9-7-13)20-17(22)15-5-4-10-24-15/h4-10,12H,3,11H2,1-2H3,(H,19,21)(H,20,22)/t12-/m1/s1. The second-order valence-corrected chi connectivity index (χ2v) is 5.46. The molecular formula is C18H20N2O5. The highest BCUT2D eigenvalue weighted by Crippen LogP contribution is 2.12. The van der Waals surface area contributed by atoms with Gasteiger partial charge in [-0.2, -0.15) is 0 Å². The summed E-state index contributed by atoms with van der Waals surface area (Å²) in [6.07, 6.45) is 2.20. The average molecular weight is 344 g/mol. The van der Waals surface area contributed by atoms with E-state index in [9.17, 15) is 14.4 Å². The molecule has 1 aromatic carbocycles. The summed E-state index contributed by atoms with van der Waals surface area (Å²) in [6, 6.07) is 9.34. The van der Waals surface area contributed by atoms with E-state index in [4.69, 9.17) is 9.15 Å². The van der Waals surface area contributed by atoms with Crippen molar-refractivity contribution >= 4 is 23.5 Å². The molecule has 0 fully saturated rings. The van der Waals surface area contributed by atoms with Gasteiger partial charge in [-0.25, -0.2) is 4.79 Å². The van der Waals surface area contributed by atoms with Crippen molar-refractivity contribution < 1.29 is 23.5 Å². The maximum absolute atomic E-state index is 11.9. The molecule has 0 bridgehead atoms. The van der Waals surface area contributed by atoms with Gasteiger partial charge in [0.2, 0.25) is 0 Å². The lowest BCUT2D eigenvalue weighted by Crippen LogP contribution is -2.35. The predicted octanol–water partition coefficient (Wildman–Crippen LogP) is 2.60. The summed E-state index contributed by atoms with van der Waals surface area (Å²) >= 11 is 0. The zero-order chi connectivity index (χ0) is 18.2. The summed E-state index contributed by atoms with van der Waals surface area (Å²) in [5.41, 5.74) is 0.791. The first-order chi connectivity index (χ1) is 12.0. The third-order valence-corrected chi connectivity index (χ3v) is 3.48. The highest BCUT2D eigenvalue weighted by molar-refractivity contribution is 6.02. The molecule has 0 unspecified atom stereocenters. The Morgan fingerprint density at radius 1 is 1.16 bits per heavy atom. The zero-order valence-corrected chi connectivity index (χ0v) is 14.1. The van der Waals surface area contributed by atoms with E-state index in [1.807, 2.05) is 13.8 Å². The number of benzene rings is 1. The van der Waals surface area contributed by atoms with Gasteiger partial charge in [0, 0.05) is 11.7 Å². The number of rotatable bonds is 7. The highest BCUT2D eigenvalue weighted by Gasteiger charge is 2.13. The van der Waals surface area contributed by atoms with Crippen molar-refractivity contribution in [1.29, 1.82) is 0 Å². The number of anilines is 1. The Bertz CT molecular complexity index is 722. The third kappa shape index (κ3) is 5.49. The SMILES string of the molecule is CC[C@@H](C)NC(=O)COC(=O)c1ccc(NC(=O)c2ccco2)cc1. The van der Waals surface area contributed by atoms with Crippen LogP contribution in [0.3, 0.4) is 0 Å². The number of carbonyl (C=O) groups is 3. The molecule has 1 heterocycles. The second-order valence-electron chi connectivity index (χ2n) is 5.46. The first kappa shape index (κ1) is 18.3. The van der Waals surface area contributed by atoms with Crippen molar-refractivity contribution in [3.8, 4) is 0 Å². The molecule has 0 aliphatic heterocycles. The Hall–Kier alpha value is -3.09. The van der Waals surface area contributed by atoms with E-state index in [0.29, 0.717) is 5.69 Å². The number of hydrogen-bond donors (Lipinski definition) is 2. The number of furan rings is 1. The normalized spacial score (nSPS) is 11.4. The molecule has 2 amide bonds. The molecule has 7 heteroatoms. The highest BCUT2D eigenvalue weighted by atomic mass is 16.5. The Morgan fingerprint density at radius 3 is 2.48 bits per heavy atom. The van der Waals surface area contributed by atoms with Crippen LogP contribution in [0.2, 0.25) is 0 Å². The Balaban J connectivity index is 1.85. The van der Waals surface area contributed by atoms with Crippen LogP contribution in [0.15, 0.2) is 47.1 Å². The van der Waals surface area contributed by atoms with Crippen molar-refractivity contribution in [2.75, 3.05) is 11.9 Å². The van der Waals surface area contributed by atoms with Crippen LogP contribution in [-0.4, -0.2) is 30.4 Å². The second kappa shape index (κ2) is 8.68. The third-order valence-electron chi connectivity index (χ3n) is 3.48. The zero-order valence-electron chi connectivity index (χ0n) is 14.1. The summed E-state index contributed by atoms with van der Waals surface area (Å²) in [5.74, 6) is -1.15. The lowest BCUT2D eigenvalue weighted by Gasteiger charge is -2.11. The number of amides is 2. The molecule has 0 aliphatic carbocycles. The molecule has 1 aromatic heterocycles. The molecule has 0 spiro atoms. The summed E-state index contributed by atoms with van der Waals surface area (Å²) in [5, 5.41) is 5.35. The molecular weight excluding hydrogens is 324 g/mol. The molecule has 0 radical (unpaired) electrons. The van der Waals surface area contributed by atoms with E-state index in [2.05, 4.69) is 10.6 Å². The Morgan fingerprint density at radius 2 is 1.88 bits per heavy atom. The van der Waals surface area contributed by atoms with Crippen LogP contribution < -0.4 is 10.6 Å². The van der Waals surface area contributed by atoms with Crippen molar-refractivity contribution in [3.63, 3.8) is 0 Å². The van der Waals surface area contributed by atoms with Gasteiger partial charge in [-0.05, 0) is 49.7 Å². The van der Waals surface area contributed by atoms with Crippen LogP contribution in [-0.2, 0) is 9.53 Å². The largest absolute Gasteiger partial charge is 0.459 e. The molecule has 0 saturated heterocycles. The lowest BCUT2D eigenvalue weighted by atomic mass is 10.2. The predicted molar refractivity (Wildman–Crippen MR) is 91.3 cm³/mol. The first-order valence-corrected chi connectivity index (χ1v) is 7.91. The Labute approximate surface area is 145 Å². The fourth-order valence-corrected chi connectivity index (χ4v) is 1.92. The molecule has 0 saturated carbocycles. The van der Waals surface area contributed by atoms with Crippen LogP contribution in [0.4, 0.5) is 5.69 Å². The van der Waals surface area contributed by atoms with Gasteiger partial charge in [-0.3, -0.25) is 9.59 Å². The quantitative estimate of drug-likeness (QED) is 0.753. The van der Waals surface area contributed by atoms with Crippen molar-refractivity contribution in [2.45, 2.75) is 26.3 Å². The van der Waals surface area contributed by atoms with Crippen LogP contribution >= 0.6 is 0 Å². The van der Waals surface area contributed by atoms with Gasteiger partial charge in [-0.1, -0.05) is 6.92 Å². The van der Waals surface area contributed by atoms with Gasteiger partial charge < -0.3 is 19.8 Å². The number of ether oxygens (including phenoxy) is 1. The number of esters is 1. The van der Waals surface area contributed by atoms with Gasteiger partial charge >= 0.3 is 5.97 Å². The first-order valence-electron chi connectivity index (χ1n) is 7.91. The molecule has 7 nitrogen and oxygen atoms in total. The topological polar surface area (TPSA) is 97.6 Å². The van der Waals surface area contributed by atoms with Crippen LogP contribution in [0.5, 0.6) is 0 Å². The number of nitrogens with one attached hydrogen (secondary N) is 2. The van der Waals surface area contributed by atoms with Crippen molar-refractivity contribution in [2.24, 2.45) is 0 Å². The van der Waals surface area contributed by atoms with Gasteiger partial charge in [0.15, 0.2) is 12.4 Å². The Kier molecular flexibility index (Phi) is 6.33.